The van der Waals surface area contributed by atoms with E-state index in [9.17, 15) is 10.1 Å². The molecule has 4 N–H and O–H groups in total. The van der Waals surface area contributed by atoms with Crippen LogP contribution in [-0.2, 0) is 11.3 Å². The Hall–Kier alpha value is -4.13. The molecule has 0 radical (unpaired) electrons. The SMILES string of the molecule is CC(=O)O.N#Cc1[nH]c(=O)n(-c2csc3ccccc23)c1-c1cn(CCCN)c2ccccc12. The first kappa shape index (κ1) is 23.0. The van der Waals surface area contributed by atoms with Crippen LogP contribution < -0.4 is 11.4 Å². The van der Waals surface area contributed by atoms with Gasteiger partial charge in [-0.3, -0.25) is 14.3 Å². The van der Waals surface area contributed by atoms with Gasteiger partial charge in [0.25, 0.3) is 5.97 Å². The number of aromatic nitrogens is 3. The molecule has 172 valence electrons. The Morgan fingerprint density at radius 2 is 1.85 bits per heavy atom. The number of nitrogens with two attached hydrogens (primary N) is 1. The second-order valence-electron chi connectivity index (χ2n) is 7.63. The molecular formula is C25H23N5O3S. The van der Waals surface area contributed by atoms with E-state index in [0.717, 1.165) is 52.1 Å². The van der Waals surface area contributed by atoms with Gasteiger partial charge in [-0.25, -0.2) is 4.79 Å². The molecule has 0 atom stereocenters. The monoisotopic (exact) mass is 473 g/mol. The van der Waals surface area contributed by atoms with Gasteiger partial charge in [-0.15, -0.1) is 11.3 Å². The Morgan fingerprint density at radius 3 is 2.56 bits per heavy atom. The Bertz CT molecular complexity index is 1580. The zero-order valence-electron chi connectivity index (χ0n) is 18.5. The number of nitriles is 1. The van der Waals surface area contributed by atoms with Crippen LogP contribution in [0.5, 0.6) is 0 Å². The molecule has 9 heteroatoms. The molecule has 34 heavy (non-hydrogen) atoms. The number of imidazole rings is 1. The lowest BCUT2D eigenvalue weighted by atomic mass is 10.1. The highest BCUT2D eigenvalue weighted by Crippen LogP contribution is 2.36. The standard InChI is InChI=1S/C23H19N5OS.C2H4O2/c24-10-5-11-27-13-17(15-6-1-3-8-19(15)27)22-18(12-25)26-23(29)28(22)20-14-30-21-9-4-2-7-16(20)21;1-2(3)4/h1-4,6-9,13-14H,5,10-11,24H2,(H,26,29);1H3,(H,3,4). The smallest absolute Gasteiger partial charge is 0.331 e. The molecule has 3 heterocycles. The number of benzene rings is 2. The van der Waals surface area contributed by atoms with E-state index in [1.54, 1.807) is 15.9 Å². The maximum atomic E-state index is 13.0. The minimum atomic E-state index is -0.833. The molecule has 2 aromatic carbocycles. The summed E-state index contributed by atoms with van der Waals surface area (Å²) in [5.41, 5.74) is 8.95. The first-order valence-electron chi connectivity index (χ1n) is 10.7. The van der Waals surface area contributed by atoms with E-state index in [1.165, 1.54) is 0 Å². The largest absolute Gasteiger partial charge is 0.481 e. The number of rotatable bonds is 5. The quantitative estimate of drug-likeness (QED) is 0.350. The molecule has 3 aromatic heterocycles. The fraction of sp³-hybridized carbons (Fsp3) is 0.160. The van der Waals surface area contributed by atoms with E-state index in [4.69, 9.17) is 15.6 Å². The number of thiophene rings is 1. The fourth-order valence-corrected chi connectivity index (χ4v) is 4.95. The molecular weight excluding hydrogens is 450 g/mol. The van der Waals surface area contributed by atoms with Crippen molar-refractivity contribution >= 4 is 38.3 Å². The van der Waals surface area contributed by atoms with Crippen LogP contribution in [0.3, 0.4) is 0 Å². The number of carboxylic acid groups (broad SMARTS) is 1. The highest BCUT2D eigenvalue weighted by atomic mass is 32.1. The molecule has 8 nitrogen and oxygen atoms in total. The topological polar surface area (TPSA) is 130 Å². The molecule has 5 aromatic rings. The first-order valence-corrected chi connectivity index (χ1v) is 11.5. The lowest BCUT2D eigenvalue weighted by molar-refractivity contribution is -0.134. The van der Waals surface area contributed by atoms with Crippen LogP contribution in [0.1, 0.15) is 19.0 Å². The van der Waals surface area contributed by atoms with Gasteiger partial charge >= 0.3 is 5.69 Å². The average Bonchev–Trinajstić information content (AvgIpc) is 3.50. The normalized spacial score (nSPS) is 10.7. The predicted octanol–water partition coefficient (Wildman–Crippen LogP) is 4.31. The fourth-order valence-electron chi connectivity index (χ4n) is 4.02. The van der Waals surface area contributed by atoms with Crippen molar-refractivity contribution in [2.24, 2.45) is 5.73 Å². The predicted molar refractivity (Wildman–Crippen MR) is 134 cm³/mol. The molecule has 0 aliphatic carbocycles. The molecule has 0 saturated heterocycles. The van der Waals surface area contributed by atoms with E-state index >= 15 is 0 Å². The molecule has 0 aliphatic rings. The van der Waals surface area contributed by atoms with Crippen LogP contribution in [0.4, 0.5) is 0 Å². The van der Waals surface area contributed by atoms with Crippen molar-refractivity contribution in [3.63, 3.8) is 0 Å². The molecule has 0 bridgehead atoms. The third-order valence-corrected chi connectivity index (χ3v) is 6.31. The van der Waals surface area contributed by atoms with Crippen molar-refractivity contribution in [3.8, 4) is 23.0 Å². The Morgan fingerprint density at radius 1 is 1.18 bits per heavy atom. The van der Waals surface area contributed by atoms with Crippen LogP contribution in [0.2, 0.25) is 0 Å². The van der Waals surface area contributed by atoms with Gasteiger partial charge in [-0.2, -0.15) is 5.26 Å². The summed E-state index contributed by atoms with van der Waals surface area (Å²) < 4.78 is 4.87. The summed E-state index contributed by atoms with van der Waals surface area (Å²) in [5, 5.41) is 21.2. The highest BCUT2D eigenvalue weighted by Gasteiger charge is 2.23. The number of aliphatic carboxylic acids is 1. The summed E-state index contributed by atoms with van der Waals surface area (Å²) >= 11 is 1.58. The molecule has 0 amide bonds. The Kier molecular flexibility index (Phi) is 6.63. The van der Waals surface area contributed by atoms with Gasteiger partial charge in [0.05, 0.1) is 11.4 Å². The van der Waals surface area contributed by atoms with Crippen molar-refractivity contribution in [2.45, 2.75) is 19.9 Å². The summed E-state index contributed by atoms with van der Waals surface area (Å²) in [6.07, 6.45) is 2.87. The summed E-state index contributed by atoms with van der Waals surface area (Å²) in [6, 6.07) is 18.2. The van der Waals surface area contributed by atoms with Crippen LogP contribution in [0.25, 0.3) is 37.9 Å². The molecule has 0 spiro atoms. The van der Waals surface area contributed by atoms with Crippen molar-refractivity contribution in [1.29, 1.82) is 5.26 Å². The van der Waals surface area contributed by atoms with Crippen molar-refractivity contribution in [2.75, 3.05) is 6.54 Å². The third-order valence-electron chi connectivity index (χ3n) is 5.36. The minimum absolute atomic E-state index is 0.261. The summed E-state index contributed by atoms with van der Waals surface area (Å²) in [6.45, 7) is 2.45. The van der Waals surface area contributed by atoms with E-state index in [-0.39, 0.29) is 11.4 Å². The summed E-state index contributed by atoms with van der Waals surface area (Å²) in [5.74, 6) is -0.833. The van der Waals surface area contributed by atoms with E-state index < -0.39 is 5.97 Å². The van der Waals surface area contributed by atoms with Gasteiger partial charge in [-0.1, -0.05) is 36.4 Å². The van der Waals surface area contributed by atoms with Gasteiger partial charge in [-0.05, 0) is 25.1 Å². The van der Waals surface area contributed by atoms with E-state index in [2.05, 4.69) is 21.7 Å². The van der Waals surface area contributed by atoms with Gasteiger partial charge in [0.1, 0.15) is 11.8 Å². The number of nitrogens with zero attached hydrogens (tertiary/aromatic N) is 3. The van der Waals surface area contributed by atoms with Crippen LogP contribution in [-0.4, -0.2) is 31.7 Å². The number of nitrogens with one attached hydrogen (secondary N) is 1. The second kappa shape index (κ2) is 9.79. The summed E-state index contributed by atoms with van der Waals surface area (Å²) in [7, 11) is 0. The van der Waals surface area contributed by atoms with Crippen molar-refractivity contribution in [1.82, 2.24) is 14.1 Å². The van der Waals surface area contributed by atoms with Gasteiger partial charge in [0.15, 0.2) is 0 Å². The maximum absolute atomic E-state index is 13.0. The molecule has 0 unspecified atom stereocenters. The number of fused-ring (bicyclic) bond motifs is 2. The molecule has 0 aliphatic heterocycles. The molecule has 0 saturated carbocycles. The number of carbonyl (C=O) groups is 1. The number of hydrogen-bond acceptors (Lipinski definition) is 5. The molecule has 5 rings (SSSR count). The number of aromatic amines is 1. The number of carboxylic acids is 1. The first-order chi connectivity index (χ1) is 16.5. The molecule has 0 fully saturated rings. The van der Waals surface area contributed by atoms with Crippen molar-refractivity contribution < 1.29 is 9.90 Å². The lowest BCUT2D eigenvalue weighted by Crippen LogP contribution is -2.15. The number of aryl methyl sites for hydroxylation is 1. The zero-order valence-corrected chi connectivity index (χ0v) is 19.3. The van der Waals surface area contributed by atoms with Crippen LogP contribution >= 0.6 is 11.3 Å². The maximum Gasteiger partial charge on any atom is 0.331 e. The zero-order chi connectivity index (χ0) is 24.2. The number of hydrogen-bond donors (Lipinski definition) is 3. The minimum Gasteiger partial charge on any atom is -0.481 e. The average molecular weight is 474 g/mol. The van der Waals surface area contributed by atoms with E-state index in [0.29, 0.717) is 12.2 Å². The van der Waals surface area contributed by atoms with Crippen LogP contribution in [0, 0.1) is 11.3 Å². The summed E-state index contributed by atoms with van der Waals surface area (Å²) in [4.78, 5) is 24.7. The van der Waals surface area contributed by atoms with Gasteiger partial charge in [0.2, 0.25) is 0 Å². The van der Waals surface area contributed by atoms with Crippen molar-refractivity contribution in [3.05, 3.63) is 76.3 Å². The Balaban J connectivity index is 0.000000636. The van der Waals surface area contributed by atoms with Gasteiger partial charge < -0.3 is 15.4 Å². The lowest BCUT2D eigenvalue weighted by Gasteiger charge is -2.06. The van der Waals surface area contributed by atoms with E-state index in [1.807, 2.05) is 54.0 Å². The highest BCUT2D eigenvalue weighted by molar-refractivity contribution is 7.17. The second-order valence-corrected chi connectivity index (χ2v) is 8.54. The van der Waals surface area contributed by atoms with Crippen LogP contribution in [0.15, 0.2) is 64.9 Å². The third kappa shape index (κ3) is 4.24. The number of para-hydroxylation sites is 1. The number of H-pyrrole nitrogens is 1. The van der Waals surface area contributed by atoms with Gasteiger partial charge in [0, 0.05) is 51.6 Å². The Labute approximate surface area is 199 Å².